The van der Waals surface area contributed by atoms with Crippen LogP contribution in [0.5, 0.6) is 0 Å². The summed E-state index contributed by atoms with van der Waals surface area (Å²) in [4.78, 5) is 21.5. The van der Waals surface area contributed by atoms with Crippen LogP contribution in [-0.2, 0) is 17.5 Å². The fourth-order valence-corrected chi connectivity index (χ4v) is 3.05. The maximum atomic E-state index is 12.8. The van der Waals surface area contributed by atoms with Crippen molar-refractivity contribution < 1.29 is 17.9 Å². The van der Waals surface area contributed by atoms with E-state index in [2.05, 4.69) is 30.2 Å². The molecular formula is C20H14ClF3N6O. The summed E-state index contributed by atoms with van der Waals surface area (Å²) in [6, 6.07) is 8.06. The Bertz CT molecular complexity index is 1230. The molecule has 7 nitrogen and oxygen atoms in total. The maximum Gasteiger partial charge on any atom is 0.416 e. The van der Waals surface area contributed by atoms with Gasteiger partial charge in [-0.2, -0.15) is 13.2 Å². The minimum Gasteiger partial charge on any atom is -0.377 e. The monoisotopic (exact) mass is 446 g/mol. The van der Waals surface area contributed by atoms with Crippen LogP contribution in [0.4, 0.5) is 24.7 Å². The molecule has 0 atom stereocenters. The van der Waals surface area contributed by atoms with Gasteiger partial charge < -0.3 is 10.1 Å². The Morgan fingerprint density at radius 3 is 2.39 bits per heavy atom. The third kappa shape index (κ3) is 4.54. The number of fused-ring (bicyclic) bond motifs is 1. The average Bonchev–Trinajstić information content (AvgIpc) is 2.74. The minimum absolute atomic E-state index is 0.120. The van der Waals surface area contributed by atoms with Gasteiger partial charge in [-0.3, -0.25) is 0 Å². The molecule has 0 aliphatic heterocycles. The van der Waals surface area contributed by atoms with Crippen LogP contribution in [0.25, 0.3) is 22.4 Å². The van der Waals surface area contributed by atoms with Crippen molar-refractivity contribution in [3.8, 4) is 11.4 Å². The van der Waals surface area contributed by atoms with E-state index in [0.717, 1.165) is 12.1 Å². The molecule has 3 aromatic heterocycles. The first kappa shape index (κ1) is 20.9. The van der Waals surface area contributed by atoms with Crippen molar-refractivity contribution in [2.75, 3.05) is 12.4 Å². The lowest BCUT2D eigenvalue weighted by atomic mass is 10.2. The van der Waals surface area contributed by atoms with E-state index in [9.17, 15) is 13.2 Å². The van der Waals surface area contributed by atoms with Crippen molar-refractivity contribution in [2.45, 2.75) is 12.8 Å². The molecule has 0 aliphatic carbocycles. The van der Waals surface area contributed by atoms with Crippen LogP contribution in [0, 0.1) is 0 Å². The van der Waals surface area contributed by atoms with Gasteiger partial charge in [0.1, 0.15) is 18.1 Å². The Labute approximate surface area is 179 Å². The third-order valence-corrected chi connectivity index (χ3v) is 4.53. The van der Waals surface area contributed by atoms with Crippen LogP contribution < -0.4 is 5.32 Å². The number of hydrogen-bond acceptors (Lipinski definition) is 7. The van der Waals surface area contributed by atoms with Crippen LogP contribution >= 0.6 is 11.6 Å². The summed E-state index contributed by atoms with van der Waals surface area (Å²) >= 11 is 6.12. The number of hydrogen-bond donors (Lipinski definition) is 1. The lowest BCUT2D eigenvalue weighted by Crippen LogP contribution is -2.06. The topological polar surface area (TPSA) is 85.7 Å². The predicted octanol–water partition coefficient (Wildman–Crippen LogP) is 5.04. The first-order chi connectivity index (χ1) is 14.8. The molecule has 4 rings (SSSR count). The molecule has 31 heavy (non-hydrogen) atoms. The van der Waals surface area contributed by atoms with E-state index < -0.39 is 11.7 Å². The number of ether oxygens (including phenoxy) is 1. The SMILES string of the molecule is COCc1nc(Nc2ccc(C(F)(F)F)cc2)c2ccc(-c3nccnc3Cl)nc2n1. The van der Waals surface area contributed by atoms with E-state index in [0.29, 0.717) is 39.8 Å². The van der Waals surface area contributed by atoms with Gasteiger partial charge in [-0.25, -0.2) is 24.9 Å². The average molecular weight is 447 g/mol. The smallest absolute Gasteiger partial charge is 0.377 e. The van der Waals surface area contributed by atoms with Gasteiger partial charge in [0.25, 0.3) is 0 Å². The lowest BCUT2D eigenvalue weighted by Gasteiger charge is -2.12. The minimum atomic E-state index is -4.41. The maximum absolute atomic E-state index is 12.8. The second kappa shape index (κ2) is 8.40. The van der Waals surface area contributed by atoms with E-state index in [4.69, 9.17) is 16.3 Å². The van der Waals surface area contributed by atoms with E-state index in [1.165, 1.54) is 31.6 Å². The molecule has 0 bridgehead atoms. The largest absolute Gasteiger partial charge is 0.416 e. The molecule has 11 heteroatoms. The molecule has 1 aromatic carbocycles. The highest BCUT2D eigenvalue weighted by Crippen LogP contribution is 2.31. The Morgan fingerprint density at radius 1 is 0.968 bits per heavy atom. The Hall–Kier alpha value is -3.37. The number of benzene rings is 1. The van der Waals surface area contributed by atoms with E-state index >= 15 is 0 Å². The molecular weight excluding hydrogens is 433 g/mol. The molecule has 0 fully saturated rings. The van der Waals surface area contributed by atoms with Gasteiger partial charge in [-0.1, -0.05) is 11.6 Å². The zero-order valence-corrected chi connectivity index (χ0v) is 16.7. The number of anilines is 2. The van der Waals surface area contributed by atoms with Gasteiger partial charge in [0, 0.05) is 25.2 Å². The fraction of sp³-hybridized carbons (Fsp3) is 0.150. The molecule has 0 spiro atoms. The second-order valence-corrected chi connectivity index (χ2v) is 6.74. The normalized spacial score (nSPS) is 11.6. The third-order valence-electron chi connectivity index (χ3n) is 4.25. The summed E-state index contributed by atoms with van der Waals surface area (Å²) in [5.74, 6) is 0.723. The van der Waals surface area contributed by atoms with Crippen LogP contribution in [0.3, 0.4) is 0 Å². The van der Waals surface area contributed by atoms with E-state index in [1.54, 1.807) is 12.1 Å². The highest BCUT2D eigenvalue weighted by molar-refractivity contribution is 6.31. The number of nitrogens with one attached hydrogen (secondary N) is 1. The van der Waals surface area contributed by atoms with Gasteiger partial charge in [-0.15, -0.1) is 0 Å². The van der Waals surface area contributed by atoms with Gasteiger partial charge in [0.2, 0.25) is 0 Å². The van der Waals surface area contributed by atoms with Crippen LogP contribution in [0.1, 0.15) is 11.4 Å². The first-order valence-electron chi connectivity index (χ1n) is 8.93. The van der Waals surface area contributed by atoms with Crippen molar-refractivity contribution >= 4 is 34.1 Å². The summed E-state index contributed by atoms with van der Waals surface area (Å²) in [7, 11) is 1.50. The highest BCUT2D eigenvalue weighted by Gasteiger charge is 2.30. The Kier molecular flexibility index (Phi) is 5.66. The molecule has 0 aliphatic rings. The molecule has 4 aromatic rings. The van der Waals surface area contributed by atoms with Crippen LogP contribution in [-0.4, -0.2) is 32.0 Å². The summed E-state index contributed by atoms with van der Waals surface area (Å²) < 4.78 is 43.6. The Morgan fingerprint density at radius 2 is 1.71 bits per heavy atom. The molecule has 3 heterocycles. The van der Waals surface area contributed by atoms with Crippen LogP contribution in [0.2, 0.25) is 5.15 Å². The van der Waals surface area contributed by atoms with E-state index in [-0.39, 0.29) is 11.8 Å². The molecule has 0 unspecified atom stereocenters. The number of halogens is 4. The molecule has 0 amide bonds. The van der Waals surface area contributed by atoms with Crippen molar-refractivity contribution in [1.29, 1.82) is 0 Å². The zero-order valence-electron chi connectivity index (χ0n) is 16.0. The quantitative estimate of drug-likeness (QED) is 0.459. The Balaban J connectivity index is 1.76. The second-order valence-electron chi connectivity index (χ2n) is 6.38. The van der Waals surface area contributed by atoms with Crippen molar-refractivity contribution in [2.24, 2.45) is 0 Å². The zero-order chi connectivity index (χ0) is 22.0. The van der Waals surface area contributed by atoms with Gasteiger partial charge in [-0.05, 0) is 36.4 Å². The molecule has 0 saturated heterocycles. The summed E-state index contributed by atoms with van der Waals surface area (Å²) in [5.41, 5.74) is 0.897. The molecule has 0 saturated carbocycles. The standard InChI is InChI=1S/C20H14ClF3N6O/c1-31-10-15-29-18(27-12-4-2-11(3-5-12)20(22,23)24)13-6-7-14(28-19(13)30-15)16-17(21)26-9-8-25-16/h2-9H,10H2,1H3,(H,27,28,29,30). The van der Waals surface area contributed by atoms with Crippen LogP contribution in [0.15, 0.2) is 48.8 Å². The molecule has 158 valence electrons. The summed E-state index contributed by atoms with van der Waals surface area (Å²) in [6.07, 6.45) is -1.44. The lowest BCUT2D eigenvalue weighted by molar-refractivity contribution is -0.137. The van der Waals surface area contributed by atoms with Crippen molar-refractivity contribution in [3.05, 3.63) is 65.3 Å². The molecule has 1 N–H and O–H groups in total. The number of aromatic nitrogens is 5. The van der Waals surface area contributed by atoms with Gasteiger partial charge >= 0.3 is 6.18 Å². The number of methoxy groups -OCH3 is 1. The van der Waals surface area contributed by atoms with Crippen molar-refractivity contribution in [1.82, 2.24) is 24.9 Å². The number of nitrogens with zero attached hydrogens (tertiary/aromatic N) is 5. The number of rotatable bonds is 5. The van der Waals surface area contributed by atoms with Crippen molar-refractivity contribution in [3.63, 3.8) is 0 Å². The highest BCUT2D eigenvalue weighted by atomic mass is 35.5. The molecule has 0 radical (unpaired) electrons. The first-order valence-corrected chi connectivity index (χ1v) is 9.31. The van der Waals surface area contributed by atoms with E-state index in [1.807, 2.05) is 0 Å². The predicted molar refractivity (Wildman–Crippen MR) is 109 cm³/mol. The number of alkyl halides is 3. The summed E-state index contributed by atoms with van der Waals surface area (Å²) in [6.45, 7) is 0.120. The van der Waals surface area contributed by atoms with Gasteiger partial charge in [0.15, 0.2) is 16.6 Å². The summed E-state index contributed by atoms with van der Waals surface area (Å²) in [5, 5.41) is 3.78. The van der Waals surface area contributed by atoms with Gasteiger partial charge in [0.05, 0.1) is 16.6 Å². The number of pyridine rings is 1. The fourth-order valence-electron chi connectivity index (χ4n) is 2.85.